The molecule has 0 bridgehead atoms. The quantitative estimate of drug-likeness (QED) is 0.823. The molecular formula is C9H9Br2NO. The molecular weight excluding hydrogens is 298 g/mol. The highest BCUT2D eigenvalue weighted by molar-refractivity contribution is 9.11. The van der Waals surface area contributed by atoms with Crippen molar-refractivity contribution in [2.45, 2.75) is 19.4 Å². The minimum absolute atomic E-state index is 0.0649. The maximum atomic E-state index is 11.6. The predicted molar refractivity (Wildman–Crippen MR) is 58.8 cm³/mol. The van der Waals surface area contributed by atoms with Crippen molar-refractivity contribution in [1.29, 1.82) is 0 Å². The van der Waals surface area contributed by atoms with Gasteiger partial charge < -0.3 is 4.57 Å². The smallest absolute Gasteiger partial charge is 0.264 e. The van der Waals surface area contributed by atoms with Gasteiger partial charge in [-0.15, -0.1) is 0 Å². The molecule has 0 aromatic carbocycles. The Labute approximate surface area is 93.2 Å². The summed E-state index contributed by atoms with van der Waals surface area (Å²) in [4.78, 5) is 11.6. The molecule has 1 saturated carbocycles. The molecule has 1 aliphatic rings. The molecule has 4 heteroatoms. The summed E-state index contributed by atoms with van der Waals surface area (Å²) < 4.78 is 3.34. The van der Waals surface area contributed by atoms with E-state index in [2.05, 4.69) is 31.9 Å². The fourth-order valence-electron chi connectivity index (χ4n) is 1.28. The van der Waals surface area contributed by atoms with Crippen LogP contribution in [-0.4, -0.2) is 4.57 Å². The Hall–Kier alpha value is -0.0900. The summed E-state index contributed by atoms with van der Waals surface area (Å²) >= 11 is 6.61. The van der Waals surface area contributed by atoms with Crippen LogP contribution in [0.25, 0.3) is 0 Å². The molecule has 1 heterocycles. The molecule has 0 unspecified atom stereocenters. The molecule has 0 amide bonds. The van der Waals surface area contributed by atoms with Crippen molar-refractivity contribution in [3.05, 3.63) is 31.6 Å². The van der Waals surface area contributed by atoms with Crippen molar-refractivity contribution in [2.75, 3.05) is 0 Å². The lowest BCUT2D eigenvalue weighted by Gasteiger charge is -2.05. The summed E-state index contributed by atoms with van der Waals surface area (Å²) in [5.74, 6) is 0.721. The predicted octanol–water partition coefficient (Wildman–Crippen LogP) is 2.78. The zero-order valence-corrected chi connectivity index (χ0v) is 10.1. The van der Waals surface area contributed by atoms with E-state index in [1.165, 1.54) is 12.8 Å². The van der Waals surface area contributed by atoms with E-state index in [9.17, 15) is 4.79 Å². The van der Waals surface area contributed by atoms with Crippen molar-refractivity contribution >= 4 is 31.9 Å². The molecule has 2 rings (SSSR count). The van der Waals surface area contributed by atoms with Gasteiger partial charge in [-0.2, -0.15) is 0 Å². The second-order valence-electron chi connectivity index (χ2n) is 3.41. The maximum absolute atomic E-state index is 11.6. The van der Waals surface area contributed by atoms with Gasteiger partial charge in [0.1, 0.15) is 0 Å². The number of hydrogen-bond donors (Lipinski definition) is 0. The van der Waals surface area contributed by atoms with Gasteiger partial charge in [0, 0.05) is 17.2 Å². The summed E-state index contributed by atoms with van der Waals surface area (Å²) in [6.45, 7) is 0.858. The van der Waals surface area contributed by atoms with Crippen LogP contribution in [0, 0.1) is 5.92 Å². The highest BCUT2D eigenvalue weighted by Gasteiger charge is 2.22. The molecule has 13 heavy (non-hydrogen) atoms. The largest absolute Gasteiger partial charge is 0.313 e. The van der Waals surface area contributed by atoms with Crippen LogP contribution in [0.2, 0.25) is 0 Å². The van der Waals surface area contributed by atoms with Gasteiger partial charge in [0.2, 0.25) is 0 Å². The summed E-state index contributed by atoms with van der Waals surface area (Å²) in [7, 11) is 0. The van der Waals surface area contributed by atoms with E-state index in [1.807, 2.05) is 6.20 Å². The monoisotopic (exact) mass is 305 g/mol. The van der Waals surface area contributed by atoms with Gasteiger partial charge in [-0.25, -0.2) is 0 Å². The van der Waals surface area contributed by atoms with E-state index in [0.717, 1.165) is 16.9 Å². The molecule has 1 aromatic heterocycles. The third-order valence-electron chi connectivity index (χ3n) is 2.16. The molecule has 0 radical (unpaired) electrons. The van der Waals surface area contributed by atoms with Crippen molar-refractivity contribution < 1.29 is 0 Å². The fourth-order valence-corrected chi connectivity index (χ4v) is 2.54. The maximum Gasteiger partial charge on any atom is 0.264 e. The zero-order valence-electron chi connectivity index (χ0n) is 6.96. The van der Waals surface area contributed by atoms with Crippen LogP contribution in [0.1, 0.15) is 12.8 Å². The third-order valence-corrected chi connectivity index (χ3v) is 3.16. The van der Waals surface area contributed by atoms with Gasteiger partial charge in [-0.3, -0.25) is 4.79 Å². The normalized spacial score (nSPS) is 16.2. The SMILES string of the molecule is O=c1c(Br)cc(Br)cn1CC1CC1. The lowest BCUT2D eigenvalue weighted by Crippen LogP contribution is -2.20. The van der Waals surface area contributed by atoms with Crippen molar-refractivity contribution in [2.24, 2.45) is 5.92 Å². The second kappa shape index (κ2) is 3.58. The first-order chi connectivity index (χ1) is 6.16. The van der Waals surface area contributed by atoms with Crippen LogP contribution in [0.15, 0.2) is 26.0 Å². The van der Waals surface area contributed by atoms with Crippen LogP contribution < -0.4 is 5.56 Å². The molecule has 1 fully saturated rings. The fraction of sp³-hybridized carbons (Fsp3) is 0.444. The van der Waals surface area contributed by atoms with Crippen LogP contribution in [0.3, 0.4) is 0 Å². The number of rotatable bonds is 2. The van der Waals surface area contributed by atoms with Crippen molar-refractivity contribution in [3.8, 4) is 0 Å². The van der Waals surface area contributed by atoms with E-state index in [-0.39, 0.29) is 5.56 Å². The highest BCUT2D eigenvalue weighted by Crippen LogP contribution is 2.30. The second-order valence-corrected chi connectivity index (χ2v) is 5.18. The number of hydrogen-bond acceptors (Lipinski definition) is 1. The topological polar surface area (TPSA) is 22.0 Å². The summed E-state index contributed by atoms with van der Waals surface area (Å²) in [5, 5.41) is 0. The first-order valence-corrected chi connectivity index (χ1v) is 5.81. The van der Waals surface area contributed by atoms with Gasteiger partial charge in [-0.05, 0) is 56.7 Å². The van der Waals surface area contributed by atoms with Gasteiger partial charge in [0.05, 0.1) is 4.47 Å². The van der Waals surface area contributed by atoms with Crippen LogP contribution in [0.4, 0.5) is 0 Å². The molecule has 1 aromatic rings. The minimum atomic E-state index is 0.0649. The Bertz CT molecular complexity index is 382. The molecule has 0 atom stereocenters. The molecule has 1 aliphatic carbocycles. The zero-order chi connectivity index (χ0) is 9.42. The Morgan fingerprint density at radius 2 is 2.15 bits per heavy atom. The number of nitrogens with zero attached hydrogens (tertiary/aromatic N) is 1. The summed E-state index contributed by atoms with van der Waals surface area (Å²) in [5.41, 5.74) is 0.0649. The van der Waals surface area contributed by atoms with Crippen molar-refractivity contribution in [1.82, 2.24) is 4.57 Å². The van der Waals surface area contributed by atoms with E-state index in [0.29, 0.717) is 4.47 Å². The minimum Gasteiger partial charge on any atom is -0.313 e. The Kier molecular flexibility index (Phi) is 2.60. The lowest BCUT2D eigenvalue weighted by atomic mass is 10.4. The van der Waals surface area contributed by atoms with E-state index < -0.39 is 0 Å². The average molecular weight is 307 g/mol. The van der Waals surface area contributed by atoms with E-state index >= 15 is 0 Å². The average Bonchev–Trinajstić information content (AvgIpc) is 2.83. The van der Waals surface area contributed by atoms with Gasteiger partial charge >= 0.3 is 0 Å². The molecule has 70 valence electrons. The van der Waals surface area contributed by atoms with E-state index in [1.54, 1.807) is 10.6 Å². The Morgan fingerprint density at radius 3 is 2.77 bits per heavy atom. The van der Waals surface area contributed by atoms with Gasteiger partial charge in [0.25, 0.3) is 5.56 Å². The van der Waals surface area contributed by atoms with E-state index in [4.69, 9.17) is 0 Å². The van der Waals surface area contributed by atoms with Crippen LogP contribution in [0.5, 0.6) is 0 Å². The van der Waals surface area contributed by atoms with Crippen molar-refractivity contribution in [3.63, 3.8) is 0 Å². The first kappa shape index (κ1) is 9.46. The third kappa shape index (κ3) is 2.23. The summed E-state index contributed by atoms with van der Waals surface area (Å²) in [6.07, 6.45) is 4.37. The standard InChI is InChI=1S/C9H9Br2NO/c10-7-3-8(11)9(13)12(5-7)4-6-1-2-6/h3,5-6H,1-2,4H2. The number of aromatic nitrogens is 1. The first-order valence-electron chi connectivity index (χ1n) is 4.22. The molecule has 0 spiro atoms. The molecule has 0 aliphatic heterocycles. The highest BCUT2D eigenvalue weighted by atomic mass is 79.9. The molecule has 0 saturated heterocycles. The van der Waals surface area contributed by atoms with Gasteiger partial charge in [-0.1, -0.05) is 0 Å². The number of halogens is 2. The molecule has 0 N–H and O–H groups in total. The Balaban J connectivity index is 2.36. The lowest BCUT2D eigenvalue weighted by molar-refractivity contribution is 0.603. The van der Waals surface area contributed by atoms with Crippen LogP contribution >= 0.6 is 31.9 Å². The Morgan fingerprint density at radius 1 is 1.46 bits per heavy atom. The summed E-state index contributed by atoms with van der Waals surface area (Å²) in [6, 6.07) is 1.78. The van der Waals surface area contributed by atoms with Crippen LogP contribution in [-0.2, 0) is 6.54 Å². The molecule has 2 nitrogen and oxygen atoms in total. The van der Waals surface area contributed by atoms with Gasteiger partial charge in [0.15, 0.2) is 0 Å². The number of pyridine rings is 1.